The van der Waals surface area contributed by atoms with Gasteiger partial charge in [-0.15, -0.1) is 0 Å². The van der Waals surface area contributed by atoms with Crippen molar-refractivity contribution in [2.45, 2.75) is 420 Å². The van der Waals surface area contributed by atoms with Crippen LogP contribution in [0.2, 0.25) is 0 Å². The molecule has 17 nitrogen and oxygen atoms in total. The van der Waals surface area contributed by atoms with Crippen LogP contribution in [0, 0.1) is 17.8 Å². The molecule has 0 aromatic carbocycles. The van der Waals surface area contributed by atoms with Gasteiger partial charge in [0.25, 0.3) is 0 Å². The lowest BCUT2D eigenvalue weighted by molar-refractivity contribution is -0.161. The van der Waals surface area contributed by atoms with E-state index in [4.69, 9.17) is 37.0 Å². The van der Waals surface area contributed by atoms with E-state index < -0.39 is 97.5 Å². The second-order valence-corrected chi connectivity index (χ2v) is 32.4. The molecule has 0 saturated heterocycles. The zero-order chi connectivity index (χ0) is 71.6. The minimum atomic E-state index is -4.96. The number of carbonyl (C=O) groups is 4. The van der Waals surface area contributed by atoms with E-state index in [-0.39, 0.29) is 25.7 Å². The summed E-state index contributed by atoms with van der Waals surface area (Å²) in [7, 11) is -9.92. The largest absolute Gasteiger partial charge is 0.472 e. The zero-order valence-electron chi connectivity index (χ0n) is 63.5. The van der Waals surface area contributed by atoms with Gasteiger partial charge < -0.3 is 33.8 Å². The van der Waals surface area contributed by atoms with Crippen molar-refractivity contribution in [2.75, 3.05) is 39.6 Å². The molecule has 19 heteroatoms. The van der Waals surface area contributed by atoms with Gasteiger partial charge in [0.2, 0.25) is 0 Å². The number of phosphoric ester groups is 2. The molecule has 2 unspecified atom stereocenters. The Morgan fingerprint density at radius 1 is 0.278 bits per heavy atom. The Hall–Kier alpha value is -1.94. The average molecular weight is 1420 g/mol. The van der Waals surface area contributed by atoms with Crippen molar-refractivity contribution >= 4 is 39.5 Å². The first-order valence-electron chi connectivity index (χ1n) is 40.3. The molecule has 0 aliphatic heterocycles. The van der Waals surface area contributed by atoms with Gasteiger partial charge in [0.1, 0.15) is 19.3 Å². The normalized spacial score (nSPS) is 14.0. The molecule has 0 aromatic rings. The Bertz CT molecular complexity index is 1890. The van der Waals surface area contributed by atoms with E-state index in [0.717, 1.165) is 108 Å². The number of carbonyl (C=O) groups excluding carboxylic acids is 4. The third-order valence-corrected chi connectivity index (χ3v) is 20.0. The molecule has 576 valence electrons. The highest BCUT2D eigenvalue weighted by molar-refractivity contribution is 7.47. The zero-order valence-corrected chi connectivity index (χ0v) is 65.3. The van der Waals surface area contributed by atoms with Crippen LogP contribution < -0.4 is 0 Å². The molecule has 0 saturated carbocycles. The van der Waals surface area contributed by atoms with E-state index in [1.54, 1.807) is 0 Å². The molecule has 97 heavy (non-hydrogen) atoms. The summed E-state index contributed by atoms with van der Waals surface area (Å²) in [5, 5.41) is 10.6. The summed E-state index contributed by atoms with van der Waals surface area (Å²) >= 11 is 0. The minimum Gasteiger partial charge on any atom is -0.462 e. The molecule has 0 aromatic heterocycles. The molecule has 0 heterocycles. The molecule has 0 radical (unpaired) electrons. The molecular formula is C78H152O17P2. The summed E-state index contributed by atoms with van der Waals surface area (Å²) in [6, 6.07) is 0. The quantitative estimate of drug-likeness (QED) is 0.0222. The lowest BCUT2D eigenvalue weighted by Gasteiger charge is -2.21. The predicted octanol–water partition coefficient (Wildman–Crippen LogP) is 23.0. The van der Waals surface area contributed by atoms with Crippen LogP contribution in [0.3, 0.4) is 0 Å². The van der Waals surface area contributed by atoms with E-state index in [0.29, 0.717) is 25.7 Å². The second-order valence-electron chi connectivity index (χ2n) is 29.5. The van der Waals surface area contributed by atoms with Gasteiger partial charge in [-0.3, -0.25) is 37.3 Å². The minimum absolute atomic E-state index is 0.107. The van der Waals surface area contributed by atoms with Gasteiger partial charge in [-0.1, -0.05) is 350 Å². The topological polar surface area (TPSA) is 237 Å². The predicted molar refractivity (Wildman–Crippen MR) is 395 cm³/mol. The van der Waals surface area contributed by atoms with E-state index >= 15 is 0 Å². The highest BCUT2D eigenvalue weighted by Gasteiger charge is 2.30. The Labute approximate surface area is 594 Å². The van der Waals surface area contributed by atoms with E-state index in [1.165, 1.54) is 212 Å². The molecule has 0 rings (SSSR count). The molecule has 0 bridgehead atoms. The highest BCUT2D eigenvalue weighted by atomic mass is 31.2. The van der Waals surface area contributed by atoms with Crippen LogP contribution in [0.15, 0.2) is 0 Å². The van der Waals surface area contributed by atoms with Crippen LogP contribution in [-0.4, -0.2) is 96.7 Å². The van der Waals surface area contributed by atoms with E-state index in [1.807, 2.05) is 0 Å². The summed E-state index contributed by atoms with van der Waals surface area (Å²) < 4.78 is 68.6. The smallest absolute Gasteiger partial charge is 0.462 e. The third-order valence-electron chi connectivity index (χ3n) is 18.1. The fraction of sp³-hybridized carbons (Fsp3) is 0.949. The number of ether oxygens (including phenoxy) is 4. The van der Waals surface area contributed by atoms with Crippen LogP contribution in [-0.2, 0) is 65.4 Å². The number of phosphoric acid groups is 2. The summed E-state index contributed by atoms with van der Waals surface area (Å²) in [5.41, 5.74) is 0. The van der Waals surface area contributed by atoms with Gasteiger partial charge in [0.05, 0.1) is 26.4 Å². The van der Waals surface area contributed by atoms with Crippen molar-refractivity contribution in [3.63, 3.8) is 0 Å². The van der Waals surface area contributed by atoms with Crippen molar-refractivity contribution in [1.29, 1.82) is 0 Å². The standard InChI is InChI=1S/C78H152O17P2/c1-8-9-10-11-12-13-14-15-19-26-31-40-47-54-61-77(82)95-74(66-89-76(81)60-53-46-39-34-33-37-44-51-58-71(6)7)68-93-97(86,87)91-64-72(79)63-90-96(84,85)92-67-73(65-88-75(80)59-52-45-38-30-25-22-21-24-29-36-43-50-57-70(4)5)94-78(83)62-55-48-41-32-27-20-17-16-18-23-28-35-42-49-56-69(2)3/h69-74,79H,8-68H2,1-7H3,(H,84,85)(H,86,87)/t72-,73-,74-/m1/s1. The number of hydrogen-bond donors (Lipinski definition) is 3. The number of rotatable bonds is 76. The van der Waals surface area contributed by atoms with Crippen LogP contribution >= 0.6 is 15.6 Å². The molecule has 0 amide bonds. The summed E-state index contributed by atoms with van der Waals surface area (Å²) in [6.45, 7) is 11.9. The highest BCUT2D eigenvalue weighted by Crippen LogP contribution is 2.45. The fourth-order valence-electron chi connectivity index (χ4n) is 12.0. The van der Waals surface area contributed by atoms with Crippen molar-refractivity contribution in [2.24, 2.45) is 17.8 Å². The molecule has 0 spiro atoms. The van der Waals surface area contributed by atoms with Gasteiger partial charge in [0.15, 0.2) is 12.2 Å². The van der Waals surface area contributed by atoms with Gasteiger partial charge in [-0.05, 0) is 43.4 Å². The SMILES string of the molecule is CCCCCCCCCCCCCCCCC(=O)O[C@H](COC(=O)CCCCCCCCCCC(C)C)COP(=O)(O)OC[C@H](O)COP(=O)(O)OC[C@@H](COC(=O)CCCCCCCCCCCCCCC(C)C)OC(=O)CCCCCCCCCCCCCCCCC(C)C. The number of aliphatic hydroxyl groups is 1. The maximum absolute atomic E-state index is 13.1. The fourth-order valence-corrected chi connectivity index (χ4v) is 13.5. The van der Waals surface area contributed by atoms with Crippen molar-refractivity contribution < 1.29 is 80.2 Å². The van der Waals surface area contributed by atoms with Gasteiger partial charge in [-0.25, -0.2) is 9.13 Å². The van der Waals surface area contributed by atoms with Gasteiger partial charge in [-0.2, -0.15) is 0 Å². The van der Waals surface area contributed by atoms with Crippen LogP contribution in [0.5, 0.6) is 0 Å². The summed E-state index contributed by atoms with van der Waals surface area (Å²) in [4.78, 5) is 72.9. The molecule has 0 aliphatic carbocycles. The maximum atomic E-state index is 13.1. The molecule has 0 fully saturated rings. The molecule has 3 N–H and O–H groups in total. The number of esters is 4. The lowest BCUT2D eigenvalue weighted by Crippen LogP contribution is -2.30. The van der Waals surface area contributed by atoms with Crippen molar-refractivity contribution in [1.82, 2.24) is 0 Å². The summed E-state index contributed by atoms with van der Waals surface area (Å²) in [5.74, 6) is 0.190. The number of unbranched alkanes of at least 4 members (excludes halogenated alkanes) is 44. The molecule has 0 aliphatic rings. The Morgan fingerprint density at radius 3 is 0.701 bits per heavy atom. The van der Waals surface area contributed by atoms with Crippen LogP contribution in [0.1, 0.15) is 402 Å². The van der Waals surface area contributed by atoms with Gasteiger partial charge in [0, 0.05) is 25.7 Å². The van der Waals surface area contributed by atoms with E-state index in [2.05, 4.69) is 48.5 Å². The Kier molecular flexibility index (Phi) is 67.1. The number of aliphatic hydroxyl groups excluding tert-OH is 1. The van der Waals surface area contributed by atoms with Gasteiger partial charge >= 0.3 is 39.5 Å². The number of hydrogen-bond acceptors (Lipinski definition) is 15. The van der Waals surface area contributed by atoms with Crippen LogP contribution in [0.4, 0.5) is 0 Å². The average Bonchev–Trinajstić information content (AvgIpc) is 1.08. The first-order chi connectivity index (χ1) is 46.7. The lowest BCUT2D eigenvalue weighted by atomic mass is 10.0. The third kappa shape index (κ3) is 72.2. The Balaban J connectivity index is 5.26. The maximum Gasteiger partial charge on any atom is 0.472 e. The second kappa shape index (κ2) is 68.5. The first kappa shape index (κ1) is 95.1. The summed E-state index contributed by atoms with van der Waals surface area (Å²) in [6.07, 6.45) is 55.4. The van der Waals surface area contributed by atoms with E-state index in [9.17, 15) is 43.2 Å². The van der Waals surface area contributed by atoms with Crippen molar-refractivity contribution in [3.8, 4) is 0 Å². The molecular weight excluding hydrogens is 1270 g/mol. The van der Waals surface area contributed by atoms with Crippen molar-refractivity contribution in [3.05, 3.63) is 0 Å². The van der Waals surface area contributed by atoms with Crippen LogP contribution in [0.25, 0.3) is 0 Å². The monoisotopic (exact) mass is 1420 g/mol. The Morgan fingerprint density at radius 2 is 0.474 bits per heavy atom. The first-order valence-corrected chi connectivity index (χ1v) is 43.3. The molecule has 5 atom stereocenters.